The Balaban J connectivity index is 2.26. The zero-order valence-electron chi connectivity index (χ0n) is 12.2. The van der Waals surface area contributed by atoms with E-state index in [9.17, 15) is 0 Å². The molecule has 0 fully saturated rings. The zero-order chi connectivity index (χ0) is 15.4. The van der Waals surface area contributed by atoms with Crippen LogP contribution in [0.3, 0.4) is 0 Å². The van der Waals surface area contributed by atoms with E-state index >= 15 is 0 Å². The smallest absolute Gasteiger partial charge is 0.179 e. The predicted molar refractivity (Wildman–Crippen MR) is 87.4 cm³/mol. The number of rotatable bonds is 3. The van der Waals surface area contributed by atoms with Crippen molar-refractivity contribution in [2.24, 2.45) is 0 Å². The molecule has 0 bridgehead atoms. The Bertz CT molecular complexity index is 821. The van der Waals surface area contributed by atoms with Crippen LogP contribution in [0.5, 0.6) is 5.75 Å². The van der Waals surface area contributed by atoms with Crippen LogP contribution >= 0.6 is 0 Å². The van der Waals surface area contributed by atoms with Gasteiger partial charge in [-0.3, -0.25) is 0 Å². The Kier molecular flexibility index (Phi) is 3.84. The lowest BCUT2D eigenvalue weighted by Gasteiger charge is -2.12. The van der Waals surface area contributed by atoms with Gasteiger partial charge in [0.2, 0.25) is 0 Å². The lowest BCUT2D eigenvalue weighted by Crippen LogP contribution is -2.01. The molecular weight excluding hydrogens is 272 g/mol. The van der Waals surface area contributed by atoms with E-state index in [-0.39, 0.29) is 0 Å². The van der Waals surface area contributed by atoms with Crippen molar-refractivity contribution in [3.05, 3.63) is 66.4 Å². The van der Waals surface area contributed by atoms with Crippen molar-refractivity contribution in [1.82, 2.24) is 9.97 Å². The first-order valence-electron chi connectivity index (χ1n) is 6.87. The molecule has 0 unspecified atom stereocenters. The summed E-state index contributed by atoms with van der Waals surface area (Å²) in [4.78, 5) is 9.11. The summed E-state index contributed by atoms with van der Waals surface area (Å²) in [6, 6.07) is 19.6. The molecule has 0 spiro atoms. The molecule has 3 nitrogen and oxygen atoms in total. The summed E-state index contributed by atoms with van der Waals surface area (Å²) in [6.07, 6.45) is 5.60. The molecule has 0 saturated carbocycles. The lowest BCUT2D eigenvalue weighted by atomic mass is 10.1. The molecule has 22 heavy (non-hydrogen) atoms. The summed E-state index contributed by atoms with van der Waals surface area (Å²) in [5, 5.41) is 0. The van der Waals surface area contributed by atoms with Crippen molar-refractivity contribution in [2.45, 2.75) is 0 Å². The van der Waals surface area contributed by atoms with E-state index in [1.54, 1.807) is 7.11 Å². The topological polar surface area (TPSA) is 35.0 Å². The molecule has 3 aromatic rings. The Labute approximate surface area is 129 Å². The molecule has 0 aliphatic carbocycles. The van der Waals surface area contributed by atoms with Crippen molar-refractivity contribution in [1.29, 1.82) is 0 Å². The molecule has 3 rings (SSSR count). The van der Waals surface area contributed by atoms with Crippen LogP contribution in [-0.2, 0) is 0 Å². The van der Waals surface area contributed by atoms with E-state index < -0.39 is 0 Å². The number of nitrogens with zero attached hydrogens (tertiary/aromatic N) is 2. The molecule has 0 aliphatic rings. The number of hydrogen-bond acceptors (Lipinski definition) is 3. The largest absolute Gasteiger partial charge is 0.492 e. The normalized spacial score (nSPS) is 10.0. The Morgan fingerprint density at radius 1 is 0.864 bits per heavy atom. The van der Waals surface area contributed by atoms with Crippen molar-refractivity contribution < 1.29 is 4.74 Å². The predicted octanol–water partition coefficient (Wildman–Crippen LogP) is 3.80. The van der Waals surface area contributed by atoms with Crippen molar-refractivity contribution in [3.8, 4) is 40.7 Å². The van der Waals surface area contributed by atoms with E-state index in [0.717, 1.165) is 11.1 Å². The molecule has 1 heterocycles. The number of benzene rings is 2. The maximum absolute atomic E-state index is 5.60. The van der Waals surface area contributed by atoms with Crippen LogP contribution < -0.4 is 4.74 Å². The zero-order valence-corrected chi connectivity index (χ0v) is 12.2. The second-order valence-corrected chi connectivity index (χ2v) is 4.65. The van der Waals surface area contributed by atoms with Gasteiger partial charge in [-0.2, -0.15) is 0 Å². The summed E-state index contributed by atoms with van der Waals surface area (Å²) in [5.74, 6) is 3.70. The van der Waals surface area contributed by atoms with Crippen LogP contribution in [0.15, 0.2) is 60.7 Å². The highest BCUT2D eigenvalue weighted by atomic mass is 16.5. The summed E-state index contributed by atoms with van der Waals surface area (Å²) >= 11 is 0. The van der Waals surface area contributed by atoms with Gasteiger partial charge in [0.05, 0.1) is 7.11 Å². The minimum Gasteiger partial charge on any atom is -0.492 e. The maximum Gasteiger partial charge on any atom is 0.179 e. The molecule has 0 aliphatic heterocycles. The standard InChI is InChI=1S/C19H14N2O/c1-3-16-18(22-2)17(14-10-6-4-7-11-14)21-19(20-16)15-12-8-5-9-13-15/h1,4-13H,2H3. The molecule has 1 aromatic heterocycles. The van der Waals surface area contributed by atoms with E-state index in [1.165, 1.54) is 0 Å². The third-order valence-corrected chi connectivity index (χ3v) is 3.29. The SMILES string of the molecule is C#Cc1nc(-c2ccccc2)nc(-c2ccccc2)c1OC. The molecule has 0 saturated heterocycles. The molecular formula is C19H14N2O. The van der Waals surface area contributed by atoms with Crippen molar-refractivity contribution >= 4 is 0 Å². The van der Waals surface area contributed by atoms with Crippen LogP contribution in [0.4, 0.5) is 0 Å². The monoisotopic (exact) mass is 286 g/mol. The summed E-state index contributed by atoms with van der Waals surface area (Å²) in [6.45, 7) is 0. The van der Waals surface area contributed by atoms with Gasteiger partial charge in [-0.05, 0) is 5.92 Å². The van der Waals surface area contributed by atoms with Crippen LogP contribution in [0.1, 0.15) is 5.69 Å². The van der Waals surface area contributed by atoms with Gasteiger partial charge in [0, 0.05) is 11.1 Å². The number of terminal acetylenes is 1. The van der Waals surface area contributed by atoms with Crippen molar-refractivity contribution in [3.63, 3.8) is 0 Å². The highest BCUT2D eigenvalue weighted by Gasteiger charge is 2.16. The fourth-order valence-electron chi connectivity index (χ4n) is 2.25. The van der Waals surface area contributed by atoms with E-state index in [2.05, 4.69) is 15.9 Å². The Morgan fingerprint density at radius 2 is 1.45 bits per heavy atom. The molecule has 3 heteroatoms. The summed E-state index contributed by atoms with van der Waals surface area (Å²) in [5.41, 5.74) is 3.01. The van der Waals surface area contributed by atoms with Gasteiger partial charge in [0.15, 0.2) is 17.3 Å². The highest BCUT2D eigenvalue weighted by molar-refractivity contribution is 5.72. The van der Waals surface area contributed by atoms with E-state index in [4.69, 9.17) is 11.2 Å². The molecule has 0 radical (unpaired) electrons. The molecule has 0 amide bonds. The fraction of sp³-hybridized carbons (Fsp3) is 0.0526. The van der Waals surface area contributed by atoms with Crippen molar-refractivity contribution in [2.75, 3.05) is 7.11 Å². The fourth-order valence-corrected chi connectivity index (χ4v) is 2.25. The second kappa shape index (κ2) is 6.11. The minimum absolute atomic E-state index is 0.454. The number of aromatic nitrogens is 2. The molecule has 2 aromatic carbocycles. The number of methoxy groups -OCH3 is 1. The van der Waals surface area contributed by atoms with Gasteiger partial charge >= 0.3 is 0 Å². The molecule has 0 N–H and O–H groups in total. The minimum atomic E-state index is 0.454. The van der Waals surface area contributed by atoms with Gasteiger partial charge in [-0.25, -0.2) is 9.97 Å². The van der Waals surface area contributed by atoms with Crippen LogP contribution in [-0.4, -0.2) is 17.1 Å². The van der Waals surface area contributed by atoms with Crippen LogP contribution in [0, 0.1) is 12.3 Å². The third kappa shape index (κ3) is 2.55. The number of hydrogen-bond donors (Lipinski definition) is 0. The first kappa shape index (κ1) is 13.8. The number of ether oxygens (including phenoxy) is 1. The van der Waals surface area contributed by atoms with E-state index in [1.807, 2.05) is 60.7 Å². The maximum atomic E-state index is 5.60. The first-order valence-corrected chi connectivity index (χ1v) is 6.87. The average Bonchev–Trinajstić information content (AvgIpc) is 2.62. The summed E-state index contributed by atoms with van der Waals surface area (Å²) in [7, 11) is 1.58. The molecule has 0 atom stereocenters. The average molecular weight is 286 g/mol. The van der Waals surface area contributed by atoms with Gasteiger partial charge in [-0.15, -0.1) is 6.42 Å². The van der Waals surface area contributed by atoms with Crippen LogP contribution in [0.25, 0.3) is 22.6 Å². The van der Waals surface area contributed by atoms with Gasteiger partial charge in [0.25, 0.3) is 0 Å². The van der Waals surface area contributed by atoms with Gasteiger partial charge in [0.1, 0.15) is 5.69 Å². The third-order valence-electron chi connectivity index (χ3n) is 3.29. The first-order chi connectivity index (χ1) is 10.8. The quantitative estimate of drug-likeness (QED) is 0.687. The second-order valence-electron chi connectivity index (χ2n) is 4.65. The van der Waals surface area contributed by atoms with Gasteiger partial charge in [-0.1, -0.05) is 60.7 Å². The summed E-state index contributed by atoms with van der Waals surface area (Å²) < 4.78 is 5.45. The highest BCUT2D eigenvalue weighted by Crippen LogP contribution is 2.32. The molecule has 106 valence electrons. The Hall–Kier alpha value is -3.12. The van der Waals surface area contributed by atoms with E-state index in [0.29, 0.717) is 23.0 Å². The lowest BCUT2D eigenvalue weighted by molar-refractivity contribution is 0.411. The van der Waals surface area contributed by atoms with Crippen LogP contribution in [0.2, 0.25) is 0 Å². The van der Waals surface area contributed by atoms with Gasteiger partial charge < -0.3 is 4.74 Å². The Morgan fingerprint density at radius 3 is 2.00 bits per heavy atom.